The minimum Gasteiger partial charge on any atom is -0.357 e. The fourth-order valence-electron chi connectivity index (χ4n) is 3.25. The van der Waals surface area contributed by atoms with E-state index in [0.29, 0.717) is 31.8 Å². The quantitative estimate of drug-likeness (QED) is 0.527. The molecule has 7 nitrogen and oxygen atoms in total. The van der Waals surface area contributed by atoms with Crippen LogP contribution >= 0.6 is 0 Å². The number of nitrogens with one attached hydrogen (secondary N) is 1. The molecule has 0 aliphatic carbocycles. The first-order chi connectivity index (χ1) is 13.8. The summed E-state index contributed by atoms with van der Waals surface area (Å²) in [7, 11) is 0. The molecule has 3 aromatic heterocycles. The number of hydrogen-bond donors (Lipinski definition) is 1. The molecular weight excluding hydrogens is 394 g/mol. The molecule has 29 heavy (non-hydrogen) atoms. The predicted molar refractivity (Wildman–Crippen MR) is 91.2 cm³/mol. The van der Waals surface area contributed by atoms with E-state index in [2.05, 4.69) is 20.1 Å². The smallest absolute Gasteiger partial charge is 0.357 e. The lowest BCUT2D eigenvalue weighted by molar-refractivity contribution is -0.137. The van der Waals surface area contributed by atoms with Gasteiger partial charge in [0.1, 0.15) is 5.69 Å². The molecule has 1 saturated heterocycles. The molecule has 4 heterocycles. The number of carbonyl (C=O) groups excluding carboxylic acids is 1. The number of amides is 1. The lowest BCUT2D eigenvalue weighted by Crippen LogP contribution is -2.39. The third-order valence-corrected chi connectivity index (χ3v) is 4.73. The molecule has 0 radical (unpaired) electrons. The van der Waals surface area contributed by atoms with E-state index < -0.39 is 17.7 Å². The van der Waals surface area contributed by atoms with Crippen LogP contribution in [0, 0.1) is 5.95 Å². The number of rotatable bonds is 3. The Morgan fingerprint density at radius 3 is 2.83 bits per heavy atom. The topological polar surface area (TPSA) is 87.9 Å². The van der Waals surface area contributed by atoms with Crippen molar-refractivity contribution in [3.05, 3.63) is 53.5 Å². The molecule has 4 rings (SSSR count). The Bertz CT molecular complexity index is 1010. The predicted octanol–water partition coefficient (Wildman–Crippen LogP) is 3.64. The van der Waals surface area contributed by atoms with Crippen LogP contribution in [0.3, 0.4) is 0 Å². The molecule has 152 valence electrons. The average molecular weight is 409 g/mol. The molecule has 0 saturated carbocycles. The molecule has 0 spiro atoms. The zero-order valence-electron chi connectivity index (χ0n) is 14.9. The van der Waals surface area contributed by atoms with Crippen molar-refractivity contribution in [2.75, 3.05) is 13.1 Å². The summed E-state index contributed by atoms with van der Waals surface area (Å²) in [5, 5.41) is 3.88. The van der Waals surface area contributed by atoms with Crippen molar-refractivity contribution in [1.82, 2.24) is 25.0 Å². The monoisotopic (exact) mass is 409 g/mol. The highest BCUT2D eigenvalue weighted by atomic mass is 19.4. The van der Waals surface area contributed by atoms with Gasteiger partial charge in [-0.15, -0.1) is 0 Å². The van der Waals surface area contributed by atoms with Gasteiger partial charge in [-0.1, -0.05) is 5.16 Å². The van der Waals surface area contributed by atoms with Crippen LogP contribution in [0.4, 0.5) is 17.6 Å². The molecule has 1 atom stereocenters. The highest BCUT2D eigenvalue weighted by molar-refractivity contribution is 5.94. The van der Waals surface area contributed by atoms with Gasteiger partial charge in [0.2, 0.25) is 5.95 Å². The Morgan fingerprint density at radius 1 is 1.31 bits per heavy atom. The van der Waals surface area contributed by atoms with Crippen molar-refractivity contribution < 1.29 is 26.9 Å². The van der Waals surface area contributed by atoms with Crippen LogP contribution in [-0.2, 0) is 6.18 Å². The Morgan fingerprint density at radius 2 is 2.14 bits per heavy atom. The van der Waals surface area contributed by atoms with Gasteiger partial charge in [0.25, 0.3) is 11.8 Å². The second-order valence-electron chi connectivity index (χ2n) is 6.72. The van der Waals surface area contributed by atoms with Crippen molar-refractivity contribution in [3.8, 4) is 11.6 Å². The number of aromatic amines is 1. The maximum absolute atomic E-state index is 13.0. The average Bonchev–Trinajstić information content (AvgIpc) is 3.37. The molecule has 3 aromatic rings. The van der Waals surface area contributed by atoms with E-state index in [1.54, 1.807) is 4.90 Å². The van der Waals surface area contributed by atoms with Gasteiger partial charge >= 0.3 is 6.18 Å². The first-order valence-electron chi connectivity index (χ1n) is 8.81. The third-order valence-electron chi connectivity index (χ3n) is 4.73. The summed E-state index contributed by atoms with van der Waals surface area (Å²) in [6.45, 7) is 0.830. The number of carbonyl (C=O) groups is 1. The van der Waals surface area contributed by atoms with Crippen LogP contribution in [-0.4, -0.2) is 44.0 Å². The van der Waals surface area contributed by atoms with Gasteiger partial charge in [-0.05, 0) is 31.0 Å². The van der Waals surface area contributed by atoms with Gasteiger partial charge in [0, 0.05) is 31.4 Å². The number of pyridine rings is 1. The summed E-state index contributed by atoms with van der Waals surface area (Å²) < 4.78 is 56.3. The largest absolute Gasteiger partial charge is 0.417 e. The van der Waals surface area contributed by atoms with E-state index in [9.17, 15) is 22.4 Å². The van der Waals surface area contributed by atoms with Crippen LogP contribution in [0.1, 0.15) is 40.5 Å². The van der Waals surface area contributed by atoms with E-state index in [-0.39, 0.29) is 29.0 Å². The van der Waals surface area contributed by atoms with E-state index in [0.717, 1.165) is 18.3 Å². The van der Waals surface area contributed by atoms with E-state index >= 15 is 0 Å². The summed E-state index contributed by atoms with van der Waals surface area (Å²) in [6, 6.07) is 3.38. The van der Waals surface area contributed by atoms with Gasteiger partial charge in [0.05, 0.1) is 11.1 Å². The Labute approximate surface area is 161 Å². The molecule has 1 amide bonds. The normalized spacial score (nSPS) is 17.5. The number of likely N-dealkylation sites (tertiary alicyclic amines) is 1. The van der Waals surface area contributed by atoms with Crippen LogP contribution in [0.15, 0.2) is 35.1 Å². The number of alkyl halides is 3. The number of nitrogens with zero attached hydrogens (tertiary/aromatic N) is 4. The van der Waals surface area contributed by atoms with Gasteiger partial charge in [-0.2, -0.15) is 22.5 Å². The maximum Gasteiger partial charge on any atom is 0.417 e. The molecule has 0 aromatic carbocycles. The van der Waals surface area contributed by atoms with Gasteiger partial charge < -0.3 is 14.4 Å². The fraction of sp³-hybridized carbons (Fsp3) is 0.333. The first-order valence-corrected chi connectivity index (χ1v) is 8.81. The van der Waals surface area contributed by atoms with Crippen molar-refractivity contribution in [3.63, 3.8) is 0 Å². The number of halogens is 4. The van der Waals surface area contributed by atoms with Gasteiger partial charge in [0.15, 0.2) is 5.82 Å². The molecule has 11 heteroatoms. The maximum atomic E-state index is 13.0. The SMILES string of the molecule is O=C(c1ccc(F)nc1)N1CCC[C@H](c2noc(-c3cc(C(F)(F)F)c[nH]3)n2)C1. The second kappa shape index (κ2) is 7.30. The molecular formula is C18H15F4N5O2. The summed E-state index contributed by atoms with van der Waals surface area (Å²) >= 11 is 0. The zero-order chi connectivity index (χ0) is 20.6. The molecule has 0 bridgehead atoms. The van der Waals surface area contributed by atoms with E-state index in [1.807, 2.05) is 0 Å². The van der Waals surface area contributed by atoms with Gasteiger partial charge in [-0.25, -0.2) is 4.98 Å². The molecule has 1 fully saturated rings. The molecule has 1 N–H and O–H groups in total. The molecule has 1 aliphatic rings. The highest BCUT2D eigenvalue weighted by Crippen LogP contribution is 2.32. The number of piperidine rings is 1. The Kier molecular flexibility index (Phi) is 4.81. The fourth-order valence-corrected chi connectivity index (χ4v) is 3.25. The van der Waals surface area contributed by atoms with Crippen molar-refractivity contribution in [2.45, 2.75) is 24.9 Å². The zero-order valence-corrected chi connectivity index (χ0v) is 14.9. The third kappa shape index (κ3) is 3.98. The first kappa shape index (κ1) is 19.1. The minimum atomic E-state index is -4.48. The van der Waals surface area contributed by atoms with E-state index in [4.69, 9.17) is 4.52 Å². The number of H-pyrrole nitrogens is 1. The highest BCUT2D eigenvalue weighted by Gasteiger charge is 2.33. The molecule has 1 aliphatic heterocycles. The lowest BCUT2D eigenvalue weighted by atomic mass is 9.97. The van der Waals surface area contributed by atoms with Crippen LogP contribution in [0.5, 0.6) is 0 Å². The van der Waals surface area contributed by atoms with Crippen LogP contribution in [0.25, 0.3) is 11.6 Å². The van der Waals surface area contributed by atoms with Crippen LogP contribution in [0.2, 0.25) is 0 Å². The molecule has 0 unspecified atom stereocenters. The Balaban J connectivity index is 1.48. The summed E-state index contributed by atoms with van der Waals surface area (Å²) in [5.41, 5.74) is -0.501. The van der Waals surface area contributed by atoms with Crippen molar-refractivity contribution in [2.24, 2.45) is 0 Å². The number of aromatic nitrogens is 4. The summed E-state index contributed by atoms with van der Waals surface area (Å²) in [6.07, 6.45) is -1.08. The lowest BCUT2D eigenvalue weighted by Gasteiger charge is -2.31. The van der Waals surface area contributed by atoms with E-state index in [1.165, 1.54) is 12.3 Å². The Hall–Kier alpha value is -3.24. The second-order valence-corrected chi connectivity index (χ2v) is 6.72. The van der Waals surface area contributed by atoms with Crippen molar-refractivity contribution in [1.29, 1.82) is 0 Å². The minimum absolute atomic E-state index is 0.0540. The summed E-state index contributed by atoms with van der Waals surface area (Å²) in [5.74, 6) is -0.921. The standard InChI is InChI=1S/C18H15F4N5O2/c19-14-4-3-10(7-24-14)17(28)27-5-1-2-11(9-27)15-25-16(29-26-15)13-6-12(8-23-13)18(20,21)22/h3-4,6-8,11,23H,1-2,5,9H2/t11-/m0/s1. The van der Waals surface area contributed by atoms with Gasteiger partial charge in [-0.3, -0.25) is 4.79 Å². The summed E-state index contributed by atoms with van der Waals surface area (Å²) in [4.78, 5) is 24.4. The number of hydrogen-bond acceptors (Lipinski definition) is 5. The van der Waals surface area contributed by atoms with Crippen molar-refractivity contribution >= 4 is 5.91 Å². The van der Waals surface area contributed by atoms with Crippen LogP contribution < -0.4 is 0 Å².